The summed E-state index contributed by atoms with van der Waals surface area (Å²) in [5, 5.41) is 9.70. The molecule has 31 heavy (non-hydrogen) atoms. The van der Waals surface area contributed by atoms with Crippen molar-refractivity contribution in [3.63, 3.8) is 0 Å². The van der Waals surface area contributed by atoms with Crippen molar-refractivity contribution in [3.8, 4) is 5.75 Å². The fourth-order valence-electron chi connectivity index (χ4n) is 3.26. The Bertz CT molecular complexity index is 1080. The lowest BCUT2D eigenvalue weighted by Gasteiger charge is -2.25. The third-order valence-corrected chi connectivity index (χ3v) is 8.13. The number of hydrogen-bond acceptors (Lipinski definition) is 6. The lowest BCUT2D eigenvalue weighted by molar-refractivity contribution is -0.130. The smallest absolute Gasteiger partial charge is 0.387 e. The van der Waals surface area contributed by atoms with Crippen LogP contribution in [0.1, 0.15) is 21.6 Å². The Morgan fingerprint density at radius 3 is 2.39 bits per heavy atom. The number of halogens is 2. The molecule has 168 valence electrons. The molecule has 0 amide bonds. The number of carbonyl (C=O) groups is 1. The zero-order valence-electron chi connectivity index (χ0n) is 16.8. The van der Waals surface area contributed by atoms with Crippen LogP contribution in [0.3, 0.4) is 0 Å². The molecule has 2 heterocycles. The minimum Gasteiger partial charge on any atom is -0.478 e. The first-order chi connectivity index (χ1) is 14.6. The topological polar surface area (TPSA) is 93.1 Å². The van der Waals surface area contributed by atoms with Gasteiger partial charge in [0, 0.05) is 18.0 Å². The number of morpholine rings is 1. The highest BCUT2D eigenvalue weighted by Crippen LogP contribution is 2.33. The van der Waals surface area contributed by atoms with Crippen LogP contribution in [-0.2, 0) is 19.6 Å². The zero-order valence-corrected chi connectivity index (χ0v) is 18.4. The maximum atomic E-state index is 12.8. The van der Waals surface area contributed by atoms with Crippen molar-refractivity contribution in [2.24, 2.45) is 0 Å². The van der Waals surface area contributed by atoms with Crippen LogP contribution in [-0.4, -0.2) is 56.7 Å². The molecule has 1 aliphatic rings. The van der Waals surface area contributed by atoms with Gasteiger partial charge in [0.2, 0.25) is 0 Å². The monoisotopic (exact) mass is 473 g/mol. The Labute approximate surface area is 182 Å². The number of aliphatic carboxylic acids is 1. The summed E-state index contributed by atoms with van der Waals surface area (Å²) in [6.45, 7) is 1.29. The Balaban J connectivity index is 1.95. The summed E-state index contributed by atoms with van der Waals surface area (Å²) in [5.41, 5.74) is 1.23. The number of hydrogen-bond donors (Lipinski definition) is 1. The maximum absolute atomic E-state index is 12.8. The number of carboxylic acids is 1. The number of aryl methyl sites for hydroxylation is 2. The van der Waals surface area contributed by atoms with E-state index < -0.39 is 22.6 Å². The fourth-order valence-corrected chi connectivity index (χ4v) is 6.14. The van der Waals surface area contributed by atoms with E-state index in [4.69, 9.17) is 4.74 Å². The van der Waals surface area contributed by atoms with E-state index in [1.807, 2.05) is 0 Å². The molecule has 0 aliphatic carbocycles. The Kier molecular flexibility index (Phi) is 7.10. The predicted octanol–water partition coefficient (Wildman–Crippen LogP) is 3.61. The number of sulfonamides is 1. The lowest BCUT2D eigenvalue weighted by Crippen LogP contribution is -2.40. The van der Waals surface area contributed by atoms with Gasteiger partial charge in [0.25, 0.3) is 10.0 Å². The molecule has 1 N–H and O–H groups in total. The number of rotatable bonds is 7. The molecule has 2 aromatic rings. The zero-order chi connectivity index (χ0) is 22.8. The second-order valence-corrected chi connectivity index (χ2v) is 10.1. The van der Waals surface area contributed by atoms with Crippen LogP contribution in [0.15, 0.2) is 28.5 Å². The van der Waals surface area contributed by atoms with E-state index in [-0.39, 0.29) is 33.5 Å². The molecule has 0 radical (unpaired) electrons. The van der Waals surface area contributed by atoms with Gasteiger partial charge in [-0.3, -0.25) is 0 Å². The molecule has 1 saturated heterocycles. The molecule has 1 aliphatic heterocycles. The number of carboxylic acid groups (broad SMARTS) is 1. The Morgan fingerprint density at radius 2 is 1.84 bits per heavy atom. The van der Waals surface area contributed by atoms with Crippen molar-refractivity contribution in [1.82, 2.24) is 4.31 Å². The van der Waals surface area contributed by atoms with Gasteiger partial charge in [-0.25, -0.2) is 13.2 Å². The van der Waals surface area contributed by atoms with Gasteiger partial charge in [0.05, 0.1) is 18.8 Å². The largest absolute Gasteiger partial charge is 0.478 e. The Hall–Kier alpha value is -2.34. The molecule has 7 nitrogen and oxygen atoms in total. The van der Waals surface area contributed by atoms with Gasteiger partial charge in [-0.15, -0.1) is 11.3 Å². The van der Waals surface area contributed by atoms with Gasteiger partial charge in [-0.2, -0.15) is 13.1 Å². The molecule has 11 heteroatoms. The first kappa shape index (κ1) is 23.3. The van der Waals surface area contributed by atoms with E-state index in [1.165, 1.54) is 34.6 Å². The number of nitrogens with zero attached hydrogens (tertiary/aromatic N) is 1. The van der Waals surface area contributed by atoms with Crippen LogP contribution in [0.25, 0.3) is 11.6 Å². The van der Waals surface area contributed by atoms with Gasteiger partial charge < -0.3 is 14.6 Å². The third-order valence-electron chi connectivity index (χ3n) is 4.64. The van der Waals surface area contributed by atoms with Crippen molar-refractivity contribution in [2.75, 3.05) is 26.3 Å². The summed E-state index contributed by atoms with van der Waals surface area (Å²) in [4.78, 5) is 12.2. The molecule has 1 aromatic carbocycles. The quantitative estimate of drug-likeness (QED) is 0.618. The average Bonchev–Trinajstić information content (AvgIpc) is 3.20. The minimum atomic E-state index is -3.74. The maximum Gasteiger partial charge on any atom is 0.387 e. The van der Waals surface area contributed by atoms with Crippen LogP contribution in [0.2, 0.25) is 0 Å². The van der Waals surface area contributed by atoms with Gasteiger partial charge >= 0.3 is 12.6 Å². The van der Waals surface area contributed by atoms with E-state index in [0.717, 1.165) is 11.3 Å². The van der Waals surface area contributed by atoms with Crippen molar-refractivity contribution >= 4 is 39.0 Å². The van der Waals surface area contributed by atoms with Crippen LogP contribution in [0, 0.1) is 13.8 Å². The molecule has 0 spiro atoms. The number of alkyl halides is 2. The summed E-state index contributed by atoms with van der Waals surface area (Å²) < 4.78 is 61.8. The molecule has 0 unspecified atom stereocenters. The lowest BCUT2D eigenvalue weighted by atomic mass is 10.0. The summed E-state index contributed by atoms with van der Waals surface area (Å²) >= 11 is 0.866. The highest BCUT2D eigenvalue weighted by Gasteiger charge is 2.28. The number of thiophene rings is 1. The summed E-state index contributed by atoms with van der Waals surface area (Å²) in [5.74, 6) is -1.19. The van der Waals surface area contributed by atoms with Gasteiger partial charge in [0.15, 0.2) is 0 Å². The van der Waals surface area contributed by atoms with Crippen molar-refractivity contribution in [3.05, 3.63) is 45.8 Å². The molecule has 0 saturated carbocycles. The van der Waals surface area contributed by atoms with Crippen LogP contribution in [0.5, 0.6) is 5.75 Å². The van der Waals surface area contributed by atoms with Crippen LogP contribution in [0.4, 0.5) is 8.78 Å². The SMILES string of the molecule is Cc1cc(/C=C(/C(=O)O)c2ccc(S(=O)(=O)N3CCOCC3)s2)cc(C)c1OC(F)F. The van der Waals surface area contributed by atoms with Gasteiger partial charge in [-0.1, -0.05) is 0 Å². The first-order valence-corrected chi connectivity index (χ1v) is 11.5. The molecule has 1 fully saturated rings. The standard InChI is InChI=1S/C20H21F2NO6S2/c1-12-9-14(10-13(2)18(12)29-20(21)22)11-15(19(24)25)16-3-4-17(30-16)31(26,27)23-5-7-28-8-6-23/h3-4,9-11,20H,5-8H2,1-2H3,(H,24,25)/b15-11+. The van der Waals surface area contributed by atoms with Crippen molar-refractivity contribution in [2.45, 2.75) is 24.7 Å². The molecule has 0 atom stereocenters. The third kappa shape index (κ3) is 5.29. The number of benzene rings is 1. The Morgan fingerprint density at radius 1 is 1.23 bits per heavy atom. The van der Waals surface area contributed by atoms with Crippen LogP contribution < -0.4 is 4.74 Å². The summed E-state index contributed by atoms with van der Waals surface area (Å²) in [7, 11) is -3.74. The minimum absolute atomic E-state index is 0.0408. The summed E-state index contributed by atoms with van der Waals surface area (Å²) in [6.07, 6.45) is 1.38. The second kappa shape index (κ2) is 9.43. The van der Waals surface area contributed by atoms with Crippen LogP contribution >= 0.6 is 11.3 Å². The van der Waals surface area contributed by atoms with E-state index in [2.05, 4.69) is 4.74 Å². The highest BCUT2D eigenvalue weighted by molar-refractivity contribution is 7.91. The van der Waals surface area contributed by atoms with E-state index >= 15 is 0 Å². The highest BCUT2D eigenvalue weighted by atomic mass is 32.2. The summed E-state index contributed by atoms with van der Waals surface area (Å²) in [6, 6.07) is 5.91. The first-order valence-electron chi connectivity index (χ1n) is 9.28. The second-order valence-electron chi connectivity index (χ2n) is 6.86. The number of ether oxygens (including phenoxy) is 2. The van der Waals surface area contributed by atoms with Crippen molar-refractivity contribution < 1.29 is 36.6 Å². The van der Waals surface area contributed by atoms with E-state index in [9.17, 15) is 27.1 Å². The fraction of sp³-hybridized carbons (Fsp3) is 0.350. The predicted molar refractivity (Wildman–Crippen MR) is 112 cm³/mol. The molecule has 1 aromatic heterocycles. The average molecular weight is 474 g/mol. The van der Waals surface area contributed by atoms with Gasteiger partial charge in [-0.05, 0) is 60.9 Å². The molecular formula is C20H21F2NO6S2. The van der Waals surface area contributed by atoms with Gasteiger partial charge in [0.1, 0.15) is 9.96 Å². The molecular weight excluding hydrogens is 452 g/mol. The van der Waals surface area contributed by atoms with E-state index in [1.54, 1.807) is 13.8 Å². The van der Waals surface area contributed by atoms with E-state index in [0.29, 0.717) is 29.9 Å². The molecule has 0 bridgehead atoms. The molecule has 3 rings (SSSR count). The van der Waals surface area contributed by atoms with Crippen molar-refractivity contribution in [1.29, 1.82) is 0 Å². The normalized spacial score (nSPS) is 16.0.